The smallest absolute Gasteiger partial charge is 0.0713 e. The van der Waals surface area contributed by atoms with Gasteiger partial charge in [0.1, 0.15) is 0 Å². The zero-order valence-electron chi connectivity index (χ0n) is 11.0. The number of benzene rings is 1. The standard InChI is InChI=1S/C8H10O.C8H12/c1-9-7-8-5-3-2-4-6-8;1-4-5-6-7-8(2)3/h2-6H,7H2,1H3;4-7H,2H2,1,3H3/b;5-4-,7-6-. The van der Waals surface area contributed by atoms with Crippen LogP contribution in [0.5, 0.6) is 0 Å². The third kappa shape index (κ3) is 10.7. The van der Waals surface area contributed by atoms with Crippen LogP contribution in [0.1, 0.15) is 19.4 Å². The molecule has 0 saturated carbocycles. The molecule has 0 N–H and O–H groups in total. The lowest BCUT2D eigenvalue weighted by atomic mass is 10.2. The normalized spacial score (nSPS) is 10.3. The van der Waals surface area contributed by atoms with Gasteiger partial charge in [-0.3, -0.25) is 0 Å². The van der Waals surface area contributed by atoms with Gasteiger partial charge in [-0.05, 0) is 19.4 Å². The summed E-state index contributed by atoms with van der Waals surface area (Å²) in [6, 6.07) is 10.1. The minimum atomic E-state index is 0.709. The summed E-state index contributed by atoms with van der Waals surface area (Å²) in [4.78, 5) is 0. The van der Waals surface area contributed by atoms with Crippen LogP contribution in [0, 0.1) is 0 Å². The van der Waals surface area contributed by atoms with Crippen molar-refractivity contribution in [2.75, 3.05) is 7.11 Å². The third-order valence-corrected chi connectivity index (χ3v) is 1.84. The van der Waals surface area contributed by atoms with Gasteiger partial charge in [0.05, 0.1) is 6.61 Å². The molecule has 0 aliphatic rings. The van der Waals surface area contributed by atoms with E-state index in [4.69, 9.17) is 4.74 Å². The number of hydrogen-bond donors (Lipinski definition) is 0. The molecular weight excluding hydrogens is 208 g/mol. The Morgan fingerprint density at radius 1 is 1.24 bits per heavy atom. The second-order valence-electron chi connectivity index (χ2n) is 3.65. The summed E-state index contributed by atoms with van der Waals surface area (Å²) in [6.07, 6.45) is 7.91. The van der Waals surface area contributed by atoms with E-state index in [9.17, 15) is 0 Å². The van der Waals surface area contributed by atoms with Crippen molar-refractivity contribution >= 4 is 0 Å². The first-order valence-corrected chi connectivity index (χ1v) is 5.68. The van der Waals surface area contributed by atoms with Crippen molar-refractivity contribution in [1.82, 2.24) is 0 Å². The van der Waals surface area contributed by atoms with Crippen LogP contribution in [0.15, 0.2) is 66.8 Å². The van der Waals surface area contributed by atoms with Crippen LogP contribution in [0.4, 0.5) is 0 Å². The first-order chi connectivity index (χ1) is 8.20. The monoisotopic (exact) mass is 230 g/mol. The summed E-state index contributed by atoms with van der Waals surface area (Å²) in [5.74, 6) is 0. The zero-order chi connectivity index (χ0) is 12.9. The van der Waals surface area contributed by atoms with Crippen molar-refractivity contribution in [2.24, 2.45) is 0 Å². The molecule has 0 amide bonds. The molecular formula is C16H22O. The number of rotatable bonds is 4. The quantitative estimate of drug-likeness (QED) is 0.691. The molecule has 0 radical (unpaired) electrons. The number of ether oxygens (including phenoxy) is 1. The maximum Gasteiger partial charge on any atom is 0.0713 e. The Bertz CT molecular complexity index is 347. The fraction of sp³-hybridized carbons (Fsp3) is 0.250. The molecule has 0 atom stereocenters. The van der Waals surface area contributed by atoms with Crippen LogP contribution in [-0.4, -0.2) is 7.11 Å². The molecule has 0 heterocycles. The van der Waals surface area contributed by atoms with Crippen LogP contribution in [0.25, 0.3) is 0 Å². The molecule has 92 valence electrons. The molecule has 1 heteroatoms. The summed E-state index contributed by atoms with van der Waals surface area (Å²) in [5, 5.41) is 0. The Balaban J connectivity index is 0.000000304. The summed E-state index contributed by atoms with van der Waals surface area (Å²) in [6.45, 7) is 8.38. The van der Waals surface area contributed by atoms with Crippen LogP contribution in [0.2, 0.25) is 0 Å². The topological polar surface area (TPSA) is 9.23 Å². The lowest BCUT2D eigenvalue weighted by molar-refractivity contribution is 0.185. The SMILES string of the molecule is C=C(C)/C=C\C=C/C.COCc1ccccc1. The predicted molar refractivity (Wildman–Crippen MR) is 75.9 cm³/mol. The van der Waals surface area contributed by atoms with Gasteiger partial charge in [0.25, 0.3) is 0 Å². The Kier molecular flexibility index (Phi) is 9.88. The lowest BCUT2D eigenvalue weighted by Gasteiger charge is -1.95. The van der Waals surface area contributed by atoms with Crippen LogP contribution < -0.4 is 0 Å². The second kappa shape index (κ2) is 10.9. The molecule has 1 aromatic rings. The maximum atomic E-state index is 4.93. The van der Waals surface area contributed by atoms with Gasteiger partial charge in [0, 0.05) is 7.11 Å². The zero-order valence-corrected chi connectivity index (χ0v) is 11.0. The number of allylic oxidation sites excluding steroid dienone is 5. The van der Waals surface area contributed by atoms with Crippen molar-refractivity contribution in [3.8, 4) is 0 Å². The van der Waals surface area contributed by atoms with Crippen LogP contribution in [0.3, 0.4) is 0 Å². The second-order valence-corrected chi connectivity index (χ2v) is 3.65. The first kappa shape index (κ1) is 15.4. The van der Waals surface area contributed by atoms with Crippen molar-refractivity contribution in [3.05, 3.63) is 72.4 Å². The number of methoxy groups -OCH3 is 1. The van der Waals surface area contributed by atoms with E-state index in [1.165, 1.54) is 5.56 Å². The van der Waals surface area contributed by atoms with Gasteiger partial charge < -0.3 is 4.74 Å². The van der Waals surface area contributed by atoms with E-state index in [0.29, 0.717) is 6.61 Å². The van der Waals surface area contributed by atoms with E-state index in [1.807, 2.05) is 68.5 Å². The molecule has 1 aromatic carbocycles. The average molecular weight is 230 g/mol. The molecule has 17 heavy (non-hydrogen) atoms. The molecule has 0 saturated heterocycles. The van der Waals surface area contributed by atoms with Gasteiger partial charge >= 0.3 is 0 Å². The molecule has 0 aliphatic carbocycles. The fourth-order valence-electron chi connectivity index (χ4n) is 1.07. The van der Waals surface area contributed by atoms with E-state index in [2.05, 4.69) is 6.58 Å². The Labute approximate surface area is 105 Å². The van der Waals surface area contributed by atoms with Crippen molar-refractivity contribution in [2.45, 2.75) is 20.5 Å². The minimum absolute atomic E-state index is 0.709. The largest absolute Gasteiger partial charge is 0.380 e. The Morgan fingerprint density at radius 3 is 2.35 bits per heavy atom. The van der Waals surface area contributed by atoms with E-state index < -0.39 is 0 Å². The van der Waals surface area contributed by atoms with Crippen LogP contribution >= 0.6 is 0 Å². The highest BCUT2D eigenvalue weighted by atomic mass is 16.5. The highest BCUT2D eigenvalue weighted by Gasteiger charge is 1.84. The van der Waals surface area contributed by atoms with Crippen molar-refractivity contribution < 1.29 is 4.74 Å². The van der Waals surface area contributed by atoms with Gasteiger partial charge in [0.15, 0.2) is 0 Å². The highest BCUT2D eigenvalue weighted by molar-refractivity contribution is 5.16. The molecule has 0 bridgehead atoms. The van der Waals surface area contributed by atoms with Crippen LogP contribution in [-0.2, 0) is 11.3 Å². The lowest BCUT2D eigenvalue weighted by Crippen LogP contribution is -1.84. The molecule has 0 unspecified atom stereocenters. The van der Waals surface area contributed by atoms with Gasteiger partial charge in [-0.25, -0.2) is 0 Å². The van der Waals surface area contributed by atoms with Gasteiger partial charge in [-0.15, -0.1) is 0 Å². The van der Waals surface area contributed by atoms with E-state index in [1.54, 1.807) is 7.11 Å². The fourth-order valence-corrected chi connectivity index (χ4v) is 1.07. The molecule has 0 spiro atoms. The van der Waals surface area contributed by atoms with Crippen molar-refractivity contribution in [1.29, 1.82) is 0 Å². The maximum absolute atomic E-state index is 4.93. The average Bonchev–Trinajstić information content (AvgIpc) is 2.32. The number of hydrogen-bond acceptors (Lipinski definition) is 1. The summed E-state index contributed by atoms with van der Waals surface area (Å²) >= 11 is 0. The van der Waals surface area contributed by atoms with Crippen molar-refractivity contribution in [3.63, 3.8) is 0 Å². The van der Waals surface area contributed by atoms with Gasteiger partial charge in [-0.2, -0.15) is 0 Å². The summed E-state index contributed by atoms with van der Waals surface area (Å²) in [7, 11) is 1.70. The Hall–Kier alpha value is -1.60. The molecule has 0 aliphatic heterocycles. The van der Waals surface area contributed by atoms with Gasteiger partial charge in [-0.1, -0.05) is 66.8 Å². The predicted octanol–water partition coefficient (Wildman–Crippen LogP) is 4.53. The van der Waals surface area contributed by atoms with E-state index >= 15 is 0 Å². The molecule has 1 nitrogen and oxygen atoms in total. The Morgan fingerprint density at radius 2 is 1.88 bits per heavy atom. The molecule has 0 fully saturated rings. The summed E-state index contributed by atoms with van der Waals surface area (Å²) < 4.78 is 4.93. The van der Waals surface area contributed by atoms with E-state index in [-0.39, 0.29) is 0 Å². The third-order valence-electron chi connectivity index (χ3n) is 1.84. The van der Waals surface area contributed by atoms with E-state index in [0.717, 1.165) is 5.57 Å². The molecule has 1 rings (SSSR count). The molecule has 0 aromatic heterocycles. The highest BCUT2D eigenvalue weighted by Crippen LogP contribution is 1.98. The first-order valence-electron chi connectivity index (χ1n) is 5.68. The summed E-state index contributed by atoms with van der Waals surface area (Å²) in [5.41, 5.74) is 2.31. The van der Waals surface area contributed by atoms with Gasteiger partial charge in [0.2, 0.25) is 0 Å². The minimum Gasteiger partial charge on any atom is -0.380 e.